The van der Waals surface area contributed by atoms with Crippen LogP contribution in [0.1, 0.15) is 0 Å². The van der Waals surface area contributed by atoms with Crippen LogP contribution in [0, 0.1) is 0 Å². The van der Waals surface area contributed by atoms with E-state index in [1.54, 1.807) is 39.5 Å². The van der Waals surface area contributed by atoms with Crippen LogP contribution in [-0.4, -0.2) is 49.7 Å². The van der Waals surface area contributed by atoms with Gasteiger partial charge < -0.3 is 19.5 Å². The van der Waals surface area contributed by atoms with E-state index in [1.807, 2.05) is 12.1 Å². The first-order valence-electron chi connectivity index (χ1n) is 7.77. The van der Waals surface area contributed by atoms with Gasteiger partial charge in [-0.15, -0.1) is 16.8 Å². The third-order valence-electron chi connectivity index (χ3n) is 3.40. The number of nitrogens with zero attached hydrogens (tertiary/aromatic N) is 2. The van der Waals surface area contributed by atoms with Crippen molar-refractivity contribution in [3.63, 3.8) is 0 Å². The van der Waals surface area contributed by atoms with Gasteiger partial charge in [0.15, 0.2) is 11.5 Å². The Morgan fingerprint density at radius 3 is 2.35 bits per heavy atom. The fraction of sp³-hybridized carbons (Fsp3) is 0.278. The van der Waals surface area contributed by atoms with E-state index < -0.39 is 0 Å². The number of carbonyl (C=O) groups is 1. The summed E-state index contributed by atoms with van der Waals surface area (Å²) in [5.41, 5.74) is 1.44. The maximum absolute atomic E-state index is 11.6. The zero-order valence-electron chi connectivity index (χ0n) is 14.9. The number of carbonyl (C=O) groups excluding carboxylic acids is 1. The number of aromatic nitrogens is 2. The first-order chi connectivity index (χ1) is 12.6. The Morgan fingerprint density at radius 1 is 1.15 bits per heavy atom. The van der Waals surface area contributed by atoms with Gasteiger partial charge in [0.2, 0.25) is 11.7 Å². The smallest absolute Gasteiger partial charge is 0.230 e. The number of nitrogens with one attached hydrogen (secondary N) is 1. The average Bonchev–Trinajstić information content (AvgIpc) is 2.69. The number of benzene rings is 1. The van der Waals surface area contributed by atoms with Crippen LogP contribution in [0.25, 0.3) is 11.3 Å². The van der Waals surface area contributed by atoms with Gasteiger partial charge in [0.25, 0.3) is 0 Å². The fourth-order valence-corrected chi connectivity index (χ4v) is 2.80. The van der Waals surface area contributed by atoms with Gasteiger partial charge in [-0.05, 0) is 24.3 Å². The number of ether oxygens (including phenoxy) is 3. The molecule has 2 aromatic rings. The maximum atomic E-state index is 11.6. The van der Waals surface area contributed by atoms with E-state index in [1.165, 1.54) is 11.8 Å². The molecule has 0 aliphatic heterocycles. The van der Waals surface area contributed by atoms with Gasteiger partial charge >= 0.3 is 0 Å². The molecule has 0 unspecified atom stereocenters. The first kappa shape index (κ1) is 19.6. The topological polar surface area (TPSA) is 82.6 Å². The molecule has 138 valence electrons. The Bertz CT molecular complexity index is 741. The lowest BCUT2D eigenvalue weighted by atomic mass is 10.1. The molecule has 0 spiro atoms. The third-order valence-corrected chi connectivity index (χ3v) is 4.32. The molecule has 1 heterocycles. The third kappa shape index (κ3) is 4.89. The van der Waals surface area contributed by atoms with Crippen LogP contribution in [0.4, 0.5) is 0 Å². The molecule has 0 saturated heterocycles. The lowest BCUT2D eigenvalue weighted by Gasteiger charge is -2.13. The summed E-state index contributed by atoms with van der Waals surface area (Å²) in [5, 5.41) is 11.8. The minimum atomic E-state index is -0.0783. The Balaban J connectivity index is 2.15. The van der Waals surface area contributed by atoms with Crippen LogP contribution >= 0.6 is 11.8 Å². The van der Waals surface area contributed by atoms with E-state index in [2.05, 4.69) is 22.1 Å². The molecule has 1 aromatic heterocycles. The van der Waals surface area contributed by atoms with Gasteiger partial charge in [0.05, 0.1) is 32.8 Å². The number of methoxy groups -OCH3 is 3. The van der Waals surface area contributed by atoms with Gasteiger partial charge in [0.1, 0.15) is 5.03 Å². The van der Waals surface area contributed by atoms with Gasteiger partial charge in [-0.2, -0.15) is 0 Å². The molecule has 1 aromatic carbocycles. The van der Waals surface area contributed by atoms with Crippen LogP contribution in [0.5, 0.6) is 17.2 Å². The Kier molecular flexibility index (Phi) is 7.28. The van der Waals surface area contributed by atoms with E-state index >= 15 is 0 Å². The number of rotatable bonds is 9. The zero-order chi connectivity index (χ0) is 18.9. The van der Waals surface area contributed by atoms with Crippen LogP contribution < -0.4 is 19.5 Å². The molecule has 7 nitrogen and oxygen atoms in total. The van der Waals surface area contributed by atoms with E-state index in [-0.39, 0.29) is 11.7 Å². The van der Waals surface area contributed by atoms with E-state index in [9.17, 15) is 4.79 Å². The van der Waals surface area contributed by atoms with Crippen molar-refractivity contribution in [1.82, 2.24) is 15.5 Å². The van der Waals surface area contributed by atoms with Crippen molar-refractivity contribution in [2.75, 3.05) is 33.6 Å². The normalized spacial score (nSPS) is 10.1. The Hall–Kier alpha value is -2.74. The molecule has 1 amide bonds. The van der Waals surface area contributed by atoms with Crippen molar-refractivity contribution < 1.29 is 19.0 Å². The minimum Gasteiger partial charge on any atom is -0.493 e. The molecule has 2 rings (SSSR count). The second-order valence-corrected chi connectivity index (χ2v) is 6.05. The van der Waals surface area contributed by atoms with Crippen molar-refractivity contribution in [3.05, 3.63) is 36.9 Å². The van der Waals surface area contributed by atoms with Crippen molar-refractivity contribution in [2.24, 2.45) is 0 Å². The monoisotopic (exact) mass is 375 g/mol. The minimum absolute atomic E-state index is 0.0783. The van der Waals surface area contributed by atoms with Crippen LogP contribution in [0.2, 0.25) is 0 Å². The summed E-state index contributed by atoms with van der Waals surface area (Å²) >= 11 is 1.31. The van der Waals surface area contributed by atoms with E-state index in [4.69, 9.17) is 14.2 Å². The predicted molar refractivity (Wildman–Crippen MR) is 101 cm³/mol. The molecule has 26 heavy (non-hydrogen) atoms. The largest absolute Gasteiger partial charge is 0.493 e. The van der Waals surface area contributed by atoms with Crippen molar-refractivity contribution in [1.29, 1.82) is 0 Å². The molecule has 0 atom stereocenters. The summed E-state index contributed by atoms with van der Waals surface area (Å²) in [6.45, 7) is 4.00. The summed E-state index contributed by atoms with van der Waals surface area (Å²) in [6, 6.07) is 7.26. The van der Waals surface area contributed by atoms with Crippen LogP contribution in [-0.2, 0) is 4.79 Å². The lowest BCUT2D eigenvalue weighted by molar-refractivity contribution is -0.118. The predicted octanol–water partition coefficient (Wildman–Crippen LogP) is 2.56. The standard InChI is InChI=1S/C18H21N3O4S/c1-5-8-19-16(22)11-26-17-7-6-13(20-21-17)12-9-14(23-2)18(25-4)15(10-12)24-3/h5-7,9-10H,1,8,11H2,2-4H3,(H,19,22). The molecule has 0 fully saturated rings. The summed E-state index contributed by atoms with van der Waals surface area (Å²) in [4.78, 5) is 11.6. The summed E-state index contributed by atoms with van der Waals surface area (Å²) < 4.78 is 16.0. The second-order valence-electron chi connectivity index (χ2n) is 5.05. The number of thioether (sulfide) groups is 1. The highest BCUT2D eigenvalue weighted by Gasteiger charge is 2.15. The molecular formula is C18H21N3O4S. The number of amides is 1. The quantitative estimate of drug-likeness (QED) is 0.533. The molecular weight excluding hydrogens is 354 g/mol. The molecule has 8 heteroatoms. The first-order valence-corrected chi connectivity index (χ1v) is 8.76. The molecule has 0 aliphatic rings. The number of hydrogen-bond acceptors (Lipinski definition) is 7. The molecule has 1 N–H and O–H groups in total. The highest BCUT2D eigenvalue weighted by molar-refractivity contribution is 7.99. The summed E-state index contributed by atoms with van der Waals surface area (Å²) in [6.07, 6.45) is 1.63. The lowest BCUT2D eigenvalue weighted by Crippen LogP contribution is -2.24. The highest BCUT2D eigenvalue weighted by Crippen LogP contribution is 2.40. The zero-order valence-corrected chi connectivity index (χ0v) is 15.8. The van der Waals surface area contributed by atoms with Gasteiger partial charge in [-0.3, -0.25) is 4.79 Å². The highest BCUT2D eigenvalue weighted by atomic mass is 32.2. The van der Waals surface area contributed by atoms with Crippen LogP contribution in [0.3, 0.4) is 0 Å². The second kappa shape index (κ2) is 9.67. The Labute approximate surface area is 156 Å². The molecule has 0 radical (unpaired) electrons. The SMILES string of the molecule is C=CCNC(=O)CSc1ccc(-c2cc(OC)c(OC)c(OC)c2)nn1. The van der Waals surface area contributed by atoms with Gasteiger partial charge in [0, 0.05) is 12.1 Å². The van der Waals surface area contributed by atoms with Crippen molar-refractivity contribution in [3.8, 4) is 28.5 Å². The van der Waals surface area contributed by atoms with Crippen molar-refractivity contribution in [2.45, 2.75) is 5.03 Å². The van der Waals surface area contributed by atoms with Crippen LogP contribution in [0.15, 0.2) is 41.9 Å². The Morgan fingerprint density at radius 2 is 1.85 bits per heavy atom. The molecule has 0 saturated carbocycles. The van der Waals surface area contributed by atoms with Gasteiger partial charge in [-0.25, -0.2) is 0 Å². The number of hydrogen-bond donors (Lipinski definition) is 1. The fourth-order valence-electron chi connectivity index (χ4n) is 2.16. The summed E-state index contributed by atoms with van der Waals surface area (Å²) in [5.74, 6) is 1.79. The van der Waals surface area contributed by atoms with Gasteiger partial charge in [-0.1, -0.05) is 17.8 Å². The average molecular weight is 375 g/mol. The molecule has 0 aliphatic carbocycles. The molecule has 0 bridgehead atoms. The van der Waals surface area contributed by atoms with Crippen molar-refractivity contribution >= 4 is 17.7 Å². The van der Waals surface area contributed by atoms with E-state index in [0.29, 0.717) is 34.5 Å². The maximum Gasteiger partial charge on any atom is 0.230 e. The summed E-state index contributed by atoms with van der Waals surface area (Å²) in [7, 11) is 4.67. The van der Waals surface area contributed by atoms with E-state index in [0.717, 1.165) is 5.56 Å².